The molecule has 2 N–H and O–H groups in total. The molecule has 1 aromatic carbocycles. The maximum absolute atomic E-state index is 13.6. The molecule has 6 nitrogen and oxygen atoms in total. The molecule has 1 saturated heterocycles. The van der Waals surface area contributed by atoms with Crippen LogP contribution in [0.4, 0.5) is 4.39 Å². The highest BCUT2D eigenvalue weighted by molar-refractivity contribution is 5.79. The zero-order valence-electron chi connectivity index (χ0n) is 16.0. The molecular formula is C19H31FN4O2. The molecule has 0 amide bonds. The van der Waals surface area contributed by atoms with E-state index in [-0.39, 0.29) is 17.7 Å². The number of morpholine rings is 1. The molecule has 146 valence electrons. The zero-order valence-corrected chi connectivity index (χ0v) is 16.0. The summed E-state index contributed by atoms with van der Waals surface area (Å²) in [5, 5.41) is 6.57. The number of hydrogen-bond acceptors (Lipinski definition) is 4. The number of halogens is 1. The number of hydrogen-bond donors (Lipinski definition) is 2. The van der Waals surface area contributed by atoms with E-state index in [1.165, 1.54) is 6.07 Å². The molecule has 2 unspecified atom stereocenters. The van der Waals surface area contributed by atoms with Gasteiger partial charge in [0.05, 0.1) is 19.8 Å². The van der Waals surface area contributed by atoms with Crippen molar-refractivity contribution in [1.82, 2.24) is 15.5 Å². The molecule has 1 aromatic rings. The standard InChI is InChI=1S/C19H31FN4O2/c1-15(14-24-8-10-25-11-9-24)12-22-19(21-3)23-13-16(2)26-18-7-5-4-6-17(18)20/h4-7,15-16H,8-14H2,1-3H3,(H2,21,22,23). The van der Waals surface area contributed by atoms with Gasteiger partial charge in [0.2, 0.25) is 0 Å². The van der Waals surface area contributed by atoms with Crippen LogP contribution in [-0.4, -0.2) is 69.9 Å². The Morgan fingerprint density at radius 3 is 2.62 bits per heavy atom. The van der Waals surface area contributed by atoms with Gasteiger partial charge in [0.25, 0.3) is 0 Å². The molecule has 7 heteroatoms. The van der Waals surface area contributed by atoms with Crippen LogP contribution in [0.1, 0.15) is 13.8 Å². The van der Waals surface area contributed by atoms with Crippen LogP contribution < -0.4 is 15.4 Å². The highest BCUT2D eigenvalue weighted by Gasteiger charge is 2.14. The van der Waals surface area contributed by atoms with Crippen molar-refractivity contribution in [2.75, 3.05) is 53.0 Å². The van der Waals surface area contributed by atoms with Crippen LogP contribution in [0.2, 0.25) is 0 Å². The van der Waals surface area contributed by atoms with Gasteiger partial charge >= 0.3 is 0 Å². The van der Waals surface area contributed by atoms with Crippen LogP contribution in [-0.2, 0) is 4.74 Å². The van der Waals surface area contributed by atoms with Crippen molar-refractivity contribution >= 4 is 5.96 Å². The largest absolute Gasteiger partial charge is 0.486 e. The van der Waals surface area contributed by atoms with Gasteiger partial charge < -0.3 is 20.1 Å². The minimum absolute atomic E-state index is 0.184. The van der Waals surface area contributed by atoms with Crippen molar-refractivity contribution in [3.8, 4) is 5.75 Å². The van der Waals surface area contributed by atoms with Crippen molar-refractivity contribution in [3.63, 3.8) is 0 Å². The van der Waals surface area contributed by atoms with Crippen LogP contribution in [0.15, 0.2) is 29.3 Å². The summed E-state index contributed by atoms with van der Waals surface area (Å²) in [6.45, 7) is 10.2. The normalized spacial score (nSPS) is 18.2. The SMILES string of the molecule is CN=C(NCC(C)CN1CCOCC1)NCC(C)Oc1ccccc1F. The Morgan fingerprint density at radius 1 is 1.23 bits per heavy atom. The Balaban J connectivity index is 1.67. The van der Waals surface area contributed by atoms with Crippen LogP contribution in [0, 0.1) is 11.7 Å². The number of ether oxygens (including phenoxy) is 2. The highest BCUT2D eigenvalue weighted by Crippen LogP contribution is 2.16. The first-order valence-corrected chi connectivity index (χ1v) is 9.24. The first kappa shape index (κ1) is 20.5. The van der Waals surface area contributed by atoms with Gasteiger partial charge in [-0.1, -0.05) is 19.1 Å². The fourth-order valence-corrected chi connectivity index (χ4v) is 2.82. The van der Waals surface area contributed by atoms with E-state index < -0.39 is 0 Å². The monoisotopic (exact) mass is 366 g/mol. The van der Waals surface area contributed by atoms with E-state index in [9.17, 15) is 4.39 Å². The number of para-hydroxylation sites is 1. The summed E-state index contributed by atoms with van der Waals surface area (Å²) in [7, 11) is 1.74. The molecule has 2 atom stereocenters. The fourth-order valence-electron chi connectivity index (χ4n) is 2.82. The van der Waals surface area contributed by atoms with Crippen LogP contribution in [0.5, 0.6) is 5.75 Å². The van der Waals surface area contributed by atoms with Crippen LogP contribution in [0.3, 0.4) is 0 Å². The molecule has 0 spiro atoms. The zero-order chi connectivity index (χ0) is 18.8. The Morgan fingerprint density at radius 2 is 1.92 bits per heavy atom. The number of benzene rings is 1. The molecule has 2 rings (SSSR count). The summed E-state index contributed by atoms with van der Waals surface area (Å²) >= 11 is 0. The minimum Gasteiger partial charge on any atom is -0.486 e. The number of rotatable bonds is 8. The molecule has 0 bridgehead atoms. The second-order valence-corrected chi connectivity index (χ2v) is 6.71. The smallest absolute Gasteiger partial charge is 0.191 e. The van der Waals surface area contributed by atoms with Gasteiger partial charge in [-0.25, -0.2) is 4.39 Å². The lowest BCUT2D eigenvalue weighted by Gasteiger charge is -2.29. The quantitative estimate of drug-likeness (QED) is 0.542. The van der Waals surface area contributed by atoms with Gasteiger partial charge in [0, 0.05) is 33.2 Å². The van der Waals surface area contributed by atoms with Crippen LogP contribution in [0.25, 0.3) is 0 Å². The molecule has 1 heterocycles. The first-order valence-electron chi connectivity index (χ1n) is 9.24. The molecule has 1 aliphatic rings. The highest BCUT2D eigenvalue weighted by atomic mass is 19.1. The number of guanidine groups is 1. The first-order chi connectivity index (χ1) is 12.6. The molecule has 1 fully saturated rings. The summed E-state index contributed by atoms with van der Waals surface area (Å²) in [5.74, 6) is 1.14. The molecule has 26 heavy (non-hydrogen) atoms. The van der Waals surface area contributed by atoms with Gasteiger partial charge in [0.15, 0.2) is 17.5 Å². The fraction of sp³-hybridized carbons (Fsp3) is 0.632. The van der Waals surface area contributed by atoms with Crippen molar-refractivity contribution < 1.29 is 13.9 Å². The Hall–Kier alpha value is -1.86. The van der Waals surface area contributed by atoms with Crippen molar-refractivity contribution in [2.24, 2.45) is 10.9 Å². The third kappa shape index (κ3) is 7.17. The lowest BCUT2D eigenvalue weighted by Crippen LogP contribution is -2.45. The summed E-state index contributed by atoms with van der Waals surface area (Å²) < 4.78 is 24.6. The Kier molecular flexibility index (Phi) is 8.64. The van der Waals surface area contributed by atoms with Gasteiger partial charge in [-0.3, -0.25) is 9.89 Å². The summed E-state index contributed by atoms with van der Waals surface area (Å²) in [6, 6.07) is 6.43. The van der Waals surface area contributed by atoms with E-state index in [0.717, 1.165) is 45.4 Å². The van der Waals surface area contributed by atoms with E-state index in [1.54, 1.807) is 25.2 Å². The summed E-state index contributed by atoms with van der Waals surface area (Å²) in [4.78, 5) is 6.66. The molecule has 1 aliphatic heterocycles. The Bertz CT molecular complexity index is 564. The van der Waals surface area contributed by atoms with Crippen LogP contribution >= 0.6 is 0 Å². The average Bonchev–Trinajstić information content (AvgIpc) is 2.64. The van der Waals surface area contributed by atoms with Gasteiger partial charge in [-0.2, -0.15) is 0 Å². The van der Waals surface area contributed by atoms with E-state index >= 15 is 0 Å². The lowest BCUT2D eigenvalue weighted by atomic mass is 10.1. The molecule has 0 saturated carbocycles. The predicted octanol–water partition coefficient (Wildman–Crippen LogP) is 1.73. The van der Waals surface area contributed by atoms with Gasteiger partial charge in [-0.15, -0.1) is 0 Å². The maximum Gasteiger partial charge on any atom is 0.191 e. The minimum atomic E-state index is -0.348. The summed E-state index contributed by atoms with van der Waals surface area (Å²) in [5.41, 5.74) is 0. The van der Waals surface area contributed by atoms with E-state index in [0.29, 0.717) is 12.5 Å². The number of nitrogens with one attached hydrogen (secondary N) is 2. The molecule has 0 aliphatic carbocycles. The third-order valence-electron chi connectivity index (χ3n) is 4.24. The van der Waals surface area contributed by atoms with E-state index in [2.05, 4.69) is 27.4 Å². The number of nitrogens with zero attached hydrogens (tertiary/aromatic N) is 2. The molecular weight excluding hydrogens is 335 g/mol. The molecule has 0 aromatic heterocycles. The van der Waals surface area contributed by atoms with Crippen molar-refractivity contribution in [2.45, 2.75) is 20.0 Å². The van der Waals surface area contributed by atoms with Gasteiger partial charge in [0.1, 0.15) is 6.10 Å². The van der Waals surface area contributed by atoms with Crippen molar-refractivity contribution in [3.05, 3.63) is 30.1 Å². The molecule has 0 radical (unpaired) electrons. The predicted molar refractivity (Wildman–Crippen MR) is 102 cm³/mol. The Labute approximate surface area is 155 Å². The van der Waals surface area contributed by atoms with E-state index in [1.807, 2.05) is 6.92 Å². The summed E-state index contributed by atoms with van der Waals surface area (Å²) in [6.07, 6.45) is -0.184. The van der Waals surface area contributed by atoms with Crippen molar-refractivity contribution in [1.29, 1.82) is 0 Å². The third-order valence-corrected chi connectivity index (χ3v) is 4.24. The second kappa shape index (κ2) is 11.0. The second-order valence-electron chi connectivity index (χ2n) is 6.71. The average molecular weight is 366 g/mol. The van der Waals surface area contributed by atoms with E-state index in [4.69, 9.17) is 9.47 Å². The number of aliphatic imine (C=N–C) groups is 1. The topological polar surface area (TPSA) is 58.1 Å². The lowest BCUT2D eigenvalue weighted by molar-refractivity contribution is 0.0320. The maximum atomic E-state index is 13.6. The van der Waals surface area contributed by atoms with Gasteiger partial charge in [-0.05, 0) is 25.0 Å².